The molecule has 86 valence electrons. The van der Waals surface area contributed by atoms with Gasteiger partial charge in [-0.2, -0.15) is 0 Å². The standard InChI is InChI=1S/C13H17NO2/c14-11-5-6-16-13(7-11)9-15-8-10-3-1-2-4-12(10)13/h1-4,11H,5-9,14H2. The molecule has 1 aromatic carbocycles. The average molecular weight is 219 g/mol. The molecular weight excluding hydrogens is 202 g/mol. The Bertz CT molecular complexity index is 393. The normalized spacial score (nSPS) is 33.7. The summed E-state index contributed by atoms with van der Waals surface area (Å²) in [5, 5.41) is 0. The van der Waals surface area contributed by atoms with E-state index >= 15 is 0 Å². The summed E-state index contributed by atoms with van der Waals surface area (Å²) >= 11 is 0. The number of benzene rings is 1. The molecule has 2 aliphatic heterocycles. The molecule has 2 unspecified atom stereocenters. The minimum atomic E-state index is -0.285. The Kier molecular flexibility index (Phi) is 2.46. The fourth-order valence-electron chi connectivity index (χ4n) is 2.77. The molecule has 0 radical (unpaired) electrons. The third-order valence-corrected chi connectivity index (χ3v) is 3.56. The first-order valence-corrected chi connectivity index (χ1v) is 5.86. The molecule has 2 heterocycles. The number of fused-ring (bicyclic) bond motifs is 2. The molecule has 3 rings (SSSR count). The van der Waals surface area contributed by atoms with Crippen LogP contribution in [0.3, 0.4) is 0 Å². The second-order valence-corrected chi connectivity index (χ2v) is 4.75. The van der Waals surface area contributed by atoms with Crippen LogP contribution in [-0.2, 0) is 21.7 Å². The van der Waals surface area contributed by atoms with Crippen LogP contribution in [0.4, 0.5) is 0 Å². The molecule has 0 amide bonds. The highest BCUT2D eigenvalue weighted by atomic mass is 16.5. The third kappa shape index (κ3) is 1.56. The Hall–Kier alpha value is -0.900. The molecule has 0 aliphatic carbocycles. The van der Waals surface area contributed by atoms with Crippen LogP contribution in [0.25, 0.3) is 0 Å². The predicted molar refractivity (Wildman–Crippen MR) is 60.9 cm³/mol. The second kappa shape index (κ2) is 3.84. The van der Waals surface area contributed by atoms with E-state index < -0.39 is 0 Å². The molecule has 1 fully saturated rings. The fraction of sp³-hybridized carbons (Fsp3) is 0.538. The number of ether oxygens (including phenoxy) is 2. The predicted octanol–water partition coefficient (Wildman–Crippen LogP) is 1.55. The molecule has 1 spiro atoms. The van der Waals surface area contributed by atoms with E-state index in [1.807, 2.05) is 6.07 Å². The first-order valence-electron chi connectivity index (χ1n) is 5.86. The molecule has 1 saturated heterocycles. The smallest absolute Gasteiger partial charge is 0.118 e. The van der Waals surface area contributed by atoms with Crippen molar-refractivity contribution in [1.29, 1.82) is 0 Å². The minimum Gasteiger partial charge on any atom is -0.373 e. The average Bonchev–Trinajstić information content (AvgIpc) is 2.30. The van der Waals surface area contributed by atoms with Gasteiger partial charge < -0.3 is 15.2 Å². The van der Waals surface area contributed by atoms with Crippen molar-refractivity contribution < 1.29 is 9.47 Å². The van der Waals surface area contributed by atoms with Gasteiger partial charge in [0.1, 0.15) is 5.60 Å². The van der Waals surface area contributed by atoms with Gasteiger partial charge in [0.2, 0.25) is 0 Å². The maximum Gasteiger partial charge on any atom is 0.118 e. The molecule has 2 N–H and O–H groups in total. The van der Waals surface area contributed by atoms with E-state index in [2.05, 4.69) is 18.2 Å². The maximum absolute atomic E-state index is 6.06. The van der Waals surface area contributed by atoms with Crippen LogP contribution in [0.5, 0.6) is 0 Å². The highest BCUT2D eigenvalue weighted by Crippen LogP contribution is 2.39. The van der Waals surface area contributed by atoms with Crippen molar-refractivity contribution in [3.05, 3.63) is 35.4 Å². The van der Waals surface area contributed by atoms with E-state index in [0.717, 1.165) is 19.4 Å². The third-order valence-electron chi connectivity index (χ3n) is 3.56. The highest BCUT2D eigenvalue weighted by Gasteiger charge is 2.41. The quantitative estimate of drug-likeness (QED) is 0.720. The molecule has 16 heavy (non-hydrogen) atoms. The van der Waals surface area contributed by atoms with Crippen LogP contribution >= 0.6 is 0 Å². The topological polar surface area (TPSA) is 44.5 Å². The number of hydrogen-bond acceptors (Lipinski definition) is 3. The Morgan fingerprint density at radius 3 is 3.06 bits per heavy atom. The monoisotopic (exact) mass is 219 g/mol. The summed E-state index contributed by atoms with van der Waals surface area (Å²) < 4.78 is 11.7. The highest BCUT2D eigenvalue weighted by molar-refractivity contribution is 5.34. The summed E-state index contributed by atoms with van der Waals surface area (Å²) in [6.45, 7) is 2.06. The lowest BCUT2D eigenvalue weighted by atomic mass is 9.81. The first-order chi connectivity index (χ1) is 7.80. The Balaban J connectivity index is 2.02. The van der Waals surface area contributed by atoms with Crippen LogP contribution in [0.15, 0.2) is 24.3 Å². The second-order valence-electron chi connectivity index (χ2n) is 4.75. The summed E-state index contributed by atoms with van der Waals surface area (Å²) in [6.07, 6.45) is 1.81. The van der Waals surface area contributed by atoms with E-state index in [1.54, 1.807) is 0 Å². The van der Waals surface area contributed by atoms with Gasteiger partial charge in [-0.25, -0.2) is 0 Å². The van der Waals surface area contributed by atoms with Crippen molar-refractivity contribution in [3.63, 3.8) is 0 Å². The van der Waals surface area contributed by atoms with Crippen LogP contribution in [0.2, 0.25) is 0 Å². The van der Waals surface area contributed by atoms with Crippen molar-refractivity contribution in [1.82, 2.24) is 0 Å². The molecule has 2 atom stereocenters. The zero-order chi connectivity index (χ0) is 11.0. The zero-order valence-corrected chi connectivity index (χ0v) is 9.32. The fourth-order valence-corrected chi connectivity index (χ4v) is 2.77. The minimum absolute atomic E-state index is 0.225. The van der Waals surface area contributed by atoms with Gasteiger partial charge in [-0.05, 0) is 24.0 Å². The molecule has 0 saturated carbocycles. The van der Waals surface area contributed by atoms with E-state index in [9.17, 15) is 0 Å². The van der Waals surface area contributed by atoms with Crippen LogP contribution in [0.1, 0.15) is 24.0 Å². The molecule has 3 nitrogen and oxygen atoms in total. The summed E-state index contributed by atoms with van der Waals surface area (Å²) in [5.41, 5.74) is 8.29. The zero-order valence-electron chi connectivity index (χ0n) is 9.32. The summed E-state index contributed by atoms with van der Waals surface area (Å²) in [7, 11) is 0. The summed E-state index contributed by atoms with van der Waals surface area (Å²) in [4.78, 5) is 0. The molecule has 0 bridgehead atoms. The van der Waals surface area contributed by atoms with Gasteiger partial charge in [0.25, 0.3) is 0 Å². The van der Waals surface area contributed by atoms with Crippen LogP contribution in [0, 0.1) is 0 Å². The van der Waals surface area contributed by atoms with Crippen molar-refractivity contribution >= 4 is 0 Å². The number of rotatable bonds is 0. The van der Waals surface area contributed by atoms with E-state index in [-0.39, 0.29) is 11.6 Å². The summed E-state index contributed by atoms with van der Waals surface area (Å²) in [5.74, 6) is 0. The van der Waals surface area contributed by atoms with Crippen molar-refractivity contribution in [3.8, 4) is 0 Å². The Morgan fingerprint density at radius 2 is 2.19 bits per heavy atom. The van der Waals surface area contributed by atoms with Crippen LogP contribution < -0.4 is 5.73 Å². The number of nitrogens with two attached hydrogens (primary N) is 1. The molecule has 0 aromatic heterocycles. The largest absolute Gasteiger partial charge is 0.373 e. The summed E-state index contributed by atoms with van der Waals surface area (Å²) in [6, 6.07) is 8.60. The van der Waals surface area contributed by atoms with E-state index in [1.165, 1.54) is 11.1 Å². The van der Waals surface area contributed by atoms with Crippen molar-refractivity contribution in [2.45, 2.75) is 31.1 Å². The molecular formula is C13H17NO2. The van der Waals surface area contributed by atoms with Gasteiger partial charge >= 0.3 is 0 Å². The van der Waals surface area contributed by atoms with E-state index in [0.29, 0.717) is 13.2 Å². The lowest BCUT2D eigenvalue weighted by Gasteiger charge is -2.43. The Morgan fingerprint density at radius 1 is 1.31 bits per heavy atom. The maximum atomic E-state index is 6.06. The van der Waals surface area contributed by atoms with Gasteiger partial charge in [-0.3, -0.25) is 0 Å². The van der Waals surface area contributed by atoms with Gasteiger partial charge in [-0.15, -0.1) is 0 Å². The number of hydrogen-bond donors (Lipinski definition) is 1. The molecule has 2 aliphatic rings. The van der Waals surface area contributed by atoms with Crippen LogP contribution in [-0.4, -0.2) is 19.3 Å². The van der Waals surface area contributed by atoms with E-state index in [4.69, 9.17) is 15.2 Å². The first kappa shape index (κ1) is 10.3. The van der Waals surface area contributed by atoms with Gasteiger partial charge in [0.15, 0.2) is 0 Å². The van der Waals surface area contributed by atoms with Gasteiger partial charge in [0.05, 0.1) is 13.2 Å². The molecule has 3 heteroatoms. The lowest BCUT2D eigenvalue weighted by molar-refractivity contribution is -0.147. The van der Waals surface area contributed by atoms with Crippen molar-refractivity contribution in [2.75, 3.05) is 13.2 Å². The van der Waals surface area contributed by atoms with Gasteiger partial charge in [-0.1, -0.05) is 24.3 Å². The van der Waals surface area contributed by atoms with Crippen molar-refractivity contribution in [2.24, 2.45) is 5.73 Å². The Labute approximate surface area is 95.5 Å². The lowest BCUT2D eigenvalue weighted by Crippen LogP contribution is -2.48. The SMILES string of the molecule is NC1CCOC2(COCc3ccccc32)C1. The molecule has 1 aromatic rings. The van der Waals surface area contributed by atoms with Gasteiger partial charge in [0, 0.05) is 12.6 Å².